The van der Waals surface area contributed by atoms with Gasteiger partial charge in [-0.1, -0.05) is 66.5 Å². The van der Waals surface area contributed by atoms with Gasteiger partial charge in [-0.05, 0) is 48.2 Å². The van der Waals surface area contributed by atoms with Crippen molar-refractivity contribution in [1.29, 1.82) is 5.26 Å². The van der Waals surface area contributed by atoms with E-state index in [2.05, 4.69) is 42.2 Å². The van der Waals surface area contributed by atoms with Gasteiger partial charge < -0.3 is 4.90 Å². The number of carbonyl (C=O) groups is 1. The maximum Gasteiger partial charge on any atom is 0.229 e. The van der Waals surface area contributed by atoms with Crippen molar-refractivity contribution in [2.45, 2.75) is 38.5 Å². The number of allylic oxidation sites excluding steroid dienone is 1. The number of hydrogen-bond donors (Lipinski definition) is 0. The minimum absolute atomic E-state index is 0.0215. The van der Waals surface area contributed by atoms with E-state index >= 15 is 0 Å². The van der Waals surface area contributed by atoms with Gasteiger partial charge in [-0.3, -0.25) is 9.69 Å². The number of halogens is 2. The van der Waals surface area contributed by atoms with Gasteiger partial charge in [0.25, 0.3) is 0 Å². The molecule has 1 fully saturated rings. The van der Waals surface area contributed by atoms with Crippen LogP contribution < -0.4 is 4.90 Å². The van der Waals surface area contributed by atoms with Gasteiger partial charge in [0.1, 0.15) is 0 Å². The quantitative estimate of drug-likeness (QED) is 0.495. The SMILES string of the molecule is CCCCc1ccc(N2CSC3=C(C#N)[C@@H](c4c(Cl)cccc4Cl)CC(=O)N3C2)cc1. The molecule has 160 valence electrons. The van der Waals surface area contributed by atoms with E-state index in [1.165, 1.54) is 30.2 Å². The Morgan fingerprint density at radius 3 is 2.52 bits per heavy atom. The molecule has 0 bridgehead atoms. The van der Waals surface area contributed by atoms with Gasteiger partial charge in [-0.2, -0.15) is 5.26 Å². The molecule has 2 aliphatic rings. The van der Waals surface area contributed by atoms with E-state index < -0.39 is 5.92 Å². The van der Waals surface area contributed by atoms with Crippen LogP contribution in [0.25, 0.3) is 0 Å². The van der Waals surface area contributed by atoms with Gasteiger partial charge in [0.2, 0.25) is 5.91 Å². The van der Waals surface area contributed by atoms with Crippen molar-refractivity contribution in [3.8, 4) is 6.07 Å². The molecule has 0 N–H and O–H groups in total. The van der Waals surface area contributed by atoms with Crippen LogP contribution in [0.3, 0.4) is 0 Å². The van der Waals surface area contributed by atoms with Gasteiger partial charge in [0.15, 0.2) is 0 Å². The highest BCUT2D eigenvalue weighted by Gasteiger charge is 2.39. The molecule has 0 saturated carbocycles. The first-order valence-corrected chi connectivity index (χ1v) is 12.1. The van der Waals surface area contributed by atoms with E-state index in [-0.39, 0.29) is 12.3 Å². The van der Waals surface area contributed by atoms with Crippen LogP contribution >= 0.6 is 35.0 Å². The van der Waals surface area contributed by atoms with Crippen LogP contribution in [0.2, 0.25) is 10.0 Å². The van der Waals surface area contributed by atoms with E-state index in [1.54, 1.807) is 23.1 Å². The monoisotopic (exact) mass is 471 g/mol. The third kappa shape index (κ3) is 4.43. The molecule has 2 heterocycles. The molecule has 0 aromatic heterocycles. The lowest BCUT2D eigenvalue weighted by atomic mass is 9.86. The summed E-state index contributed by atoms with van der Waals surface area (Å²) >= 11 is 14.3. The maximum atomic E-state index is 13.1. The Balaban J connectivity index is 1.60. The number of hydrogen-bond acceptors (Lipinski definition) is 4. The van der Waals surface area contributed by atoms with E-state index in [1.807, 2.05) is 0 Å². The Morgan fingerprint density at radius 1 is 1.16 bits per heavy atom. The van der Waals surface area contributed by atoms with Gasteiger partial charge in [-0.15, -0.1) is 0 Å². The van der Waals surface area contributed by atoms with Crippen molar-refractivity contribution in [3.05, 3.63) is 74.2 Å². The minimum Gasteiger partial charge on any atom is -0.344 e. The van der Waals surface area contributed by atoms with Crippen LogP contribution in [0.1, 0.15) is 43.2 Å². The summed E-state index contributed by atoms with van der Waals surface area (Å²) in [6, 6.07) is 16.2. The molecule has 2 aromatic carbocycles. The second-order valence-electron chi connectivity index (χ2n) is 7.77. The van der Waals surface area contributed by atoms with Gasteiger partial charge in [0.05, 0.1) is 29.2 Å². The Labute approximate surface area is 197 Å². The Hall–Kier alpha value is -2.13. The van der Waals surface area contributed by atoms with Crippen molar-refractivity contribution in [3.63, 3.8) is 0 Å². The fourth-order valence-electron chi connectivity index (χ4n) is 4.07. The summed E-state index contributed by atoms with van der Waals surface area (Å²) in [5.41, 5.74) is 3.63. The van der Waals surface area contributed by atoms with E-state index in [4.69, 9.17) is 23.2 Å². The molecule has 31 heavy (non-hydrogen) atoms. The number of fused-ring (bicyclic) bond motifs is 1. The summed E-state index contributed by atoms with van der Waals surface area (Å²) in [7, 11) is 0. The summed E-state index contributed by atoms with van der Waals surface area (Å²) < 4.78 is 0. The van der Waals surface area contributed by atoms with E-state index in [0.717, 1.165) is 17.1 Å². The first-order valence-electron chi connectivity index (χ1n) is 10.4. The molecule has 0 radical (unpaired) electrons. The van der Waals surface area contributed by atoms with Crippen LogP contribution in [0.4, 0.5) is 5.69 Å². The van der Waals surface area contributed by atoms with Crippen LogP contribution in [0.15, 0.2) is 53.1 Å². The molecule has 1 amide bonds. The second kappa shape index (κ2) is 9.56. The maximum absolute atomic E-state index is 13.1. The van der Waals surface area contributed by atoms with Crippen molar-refractivity contribution >= 4 is 46.6 Å². The Kier molecular flexibility index (Phi) is 6.81. The topological polar surface area (TPSA) is 47.3 Å². The fourth-order valence-corrected chi connectivity index (χ4v) is 5.90. The van der Waals surface area contributed by atoms with Crippen molar-refractivity contribution in [1.82, 2.24) is 4.90 Å². The van der Waals surface area contributed by atoms with Gasteiger partial charge in [0, 0.05) is 28.1 Å². The minimum atomic E-state index is -0.415. The molecule has 0 unspecified atom stereocenters. The average Bonchev–Trinajstić information content (AvgIpc) is 2.78. The molecule has 1 saturated heterocycles. The fraction of sp³-hybridized carbons (Fsp3) is 0.333. The summed E-state index contributed by atoms with van der Waals surface area (Å²) in [6.07, 6.45) is 3.63. The molecule has 0 aliphatic carbocycles. The number of nitrogens with zero attached hydrogens (tertiary/aromatic N) is 3. The molecule has 2 aliphatic heterocycles. The lowest BCUT2D eigenvalue weighted by Gasteiger charge is -2.42. The first kappa shape index (κ1) is 22.1. The molecule has 4 nitrogen and oxygen atoms in total. The number of nitriles is 1. The molecule has 1 atom stereocenters. The van der Waals surface area contributed by atoms with Crippen LogP contribution in [-0.4, -0.2) is 23.4 Å². The highest BCUT2D eigenvalue weighted by atomic mass is 35.5. The predicted molar refractivity (Wildman–Crippen MR) is 128 cm³/mol. The first-order chi connectivity index (χ1) is 15.0. The third-order valence-electron chi connectivity index (χ3n) is 5.76. The molecule has 4 rings (SSSR count). The van der Waals surface area contributed by atoms with Gasteiger partial charge >= 0.3 is 0 Å². The largest absolute Gasteiger partial charge is 0.344 e. The lowest BCUT2D eigenvalue weighted by Crippen LogP contribution is -2.47. The molecular formula is C24H23Cl2N3OS. The number of rotatable bonds is 5. The van der Waals surface area contributed by atoms with Crippen LogP contribution in [0, 0.1) is 11.3 Å². The number of benzene rings is 2. The van der Waals surface area contributed by atoms with Crippen molar-refractivity contribution in [2.24, 2.45) is 0 Å². The molecule has 2 aromatic rings. The number of carbonyl (C=O) groups excluding carboxylic acids is 1. The number of thioether (sulfide) groups is 1. The van der Waals surface area contributed by atoms with Crippen LogP contribution in [0.5, 0.6) is 0 Å². The van der Waals surface area contributed by atoms with E-state index in [0.29, 0.717) is 33.7 Å². The number of anilines is 1. The highest BCUT2D eigenvalue weighted by molar-refractivity contribution is 8.03. The zero-order chi connectivity index (χ0) is 22.0. The van der Waals surface area contributed by atoms with E-state index in [9.17, 15) is 10.1 Å². The zero-order valence-electron chi connectivity index (χ0n) is 17.3. The van der Waals surface area contributed by atoms with Crippen molar-refractivity contribution < 1.29 is 4.79 Å². The average molecular weight is 472 g/mol. The normalized spacial score (nSPS) is 18.8. The van der Waals surface area contributed by atoms with Crippen molar-refractivity contribution in [2.75, 3.05) is 17.4 Å². The summed E-state index contributed by atoms with van der Waals surface area (Å²) in [6.45, 7) is 2.63. The second-order valence-corrected chi connectivity index (χ2v) is 9.52. The number of amides is 1. The Bertz CT molecular complexity index is 1040. The molecule has 7 heteroatoms. The molecule has 0 spiro atoms. The highest BCUT2D eigenvalue weighted by Crippen LogP contribution is 2.46. The standard InChI is InChI=1S/C24H23Cl2N3OS/c1-2-3-5-16-8-10-17(11-9-16)28-14-29-22(30)12-18(19(13-27)24(29)31-15-28)23-20(25)6-4-7-21(23)26/h4,6-11,18H,2-3,5,12,14-15H2,1H3/t18-/m0/s1. The smallest absolute Gasteiger partial charge is 0.229 e. The number of aryl methyl sites for hydroxylation is 1. The van der Waals surface area contributed by atoms with Gasteiger partial charge in [-0.25, -0.2) is 0 Å². The Morgan fingerprint density at radius 2 is 1.87 bits per heavy atom. The zero-order valence-corrected chi connectivity index (χ0v) is 19.6. The van der Waals surface area contributed by atoms with Crippen LogP contribution in [-0.2, 0) is 11.2 Å². The lowest BCUT2D eigenvalue weighted by molar-refractivity contribution is -0.129. The summed E-state index contributed by atoms with van der Waals surface area (Å²) in [5.74, 6) is 0.232. The summed E-state index contributed by atoms with van der Waals surface area (Å²) in [5, 5.41) is 11.6. The molecular weight excluding hydrogens is 449 g/mol. The predicted octanol–water partition coefficient (Wildman–Crippen LogP) is 6.56. The summed E-state index contributed by atoms with van der Waals surface area (Å²) in [4.78, 5) is 17.0. The number of unbranched alkanes of at least 4 members (excludes halogenated alkanes) is 1. The third-order valence-corrected chi connectivity index (χ3v) is 7.58.